The summed E-state index contributed by atoms with van der Waals surface area (Å²) in [6.45, 7) is 0.353. The van der Waals surface area contributed by atoms with Gasteiger partial charge in [-0.05, 0) is 23.8 Å². The molecule has 0 saturated carbocycles. The maximum absolute atomic E-state index is 11.5. The maximum atomic E-state index is 11.5. The van der Waals surface area contributed by atoms with Gasteiger partial charge in [0, 0.05) is 12.1 Å². The van der Waals surface area contributed by atoms with Crippen molar-refractivity contribution in [1.29, 1.82) is 0 Å². The zero-order chi connectivity index (χ0) is 15.9. The summed E-state index contributed by atoms with van der Waals surface area (Å²) in [7, 11) is 3.17. The number of hydrogen-bond acceptors (Lipinski definition) is 4. The molecule has 0 aliphatic rings. The molecular weight excluding hydrogens is 282 g/mol. The van der Waals surface area contributed by atoms with Crippen LogP contribution in [0.1, 0.15) is 17.2 Å². The largest absolute Gasteiger partial charge is 0.497 e. The van der Waals surface area contributed by atoms with Crippen LogP contribution in [0.25, 0.3) is 0 Å². The van der Waals surface area contributed by atoms with Gasteiger partial charge in [0.15, 0.2) is 0 Å². The number of ether oxygens (including phenoxy) is 2. The van der Waals surface area contributed by atoms with Gasteiger partial charge in [0.2, 0.25) is 0 Å². The number of nitrogens with one attached hydrogen (secondary N) is 1. The zero-order valence-electron chi connectivity index (χ0n) is 12.6. The van der Waals surface area contributed by atoms with Gasteiger partial charge in [0.05, 0.1) is 14.2 Å². The Kier molecular flexibility index (Phi) is 5.38. The van der Waals surface area contributed by atoms with Crippen molar-refractivity contribution in [2.45, 2.75) is 12.6 Å². The molecule has 0 fully saturated rings. The fourth-order valence-corrected chi connectivity index (χ4v) is 2.23. The molecule has 0 aliphatic heterocycles. The first-order chi connectivity index (χ1) is 10.7. The van der Waals surface area contributed by atoms with E-state index < -0.39 is 12.0 Å². The molecule has 5 heteroatoms. The normalized spacial score (nSPS) is 11.7. The Bertz CT molecular complexity index is 628. The quantitative estimate of drug-likeness (QED) is 0.823. The molecule has 116 valence electrons. The molecule has 0 radical (unpaired) electrons. The lowest BCUT2D eigenvalue weighted by Gasteiger charge is -2.16. The van der Waals surface area contributed by atoms with Gasteiger partial charge in [0.25, 0.3) is 0 Å². The van der Waals surface area contributed by atoms with E-state index in [1.54, 1.807) is 38.5 Å². The van der Waals surface area contributed by atoms with Gasteiger partial charge in [-0.15, -0.1) is 0 Å². The first-order valence-electron chi connectivity index (χ1n) is 6.87. The van der Waals surface area contributed by atoms with Crippen LogP contribution in [-0.4, -0.2) is 25.3 Å². The molecule has 0 heterocycles. The molecule has 22 heavy (non-hydrogen) atoms. The highest BCUT2D eigenvalue weighted by Gasteiger charge is 2.19. The molecule has 0 spiro atoms. The van der Waals surface area contributed by atoms with E-state index in [4.69, 9.17) is 9.47 Å². The number of aliphatic carboxylic acids is 1. The molecule has 0 aliphatic carbocycles. The van der Waals surface area contributed by atoms with E-state index in [0.29, 0.717) is 23.6 Å². The van der Waals surface area contributed by atoms with Crippen molar-refractivity contribution in [2.75, 3.05) is 14.2 Å². The molecule has 1 atom stereocenters. The van der Waals surface area contributed by atoms with Gasteiger partial charge in [-0.3, -0.25) is 10.1 Å². The lowest BCUT2D eigenvalue weighted by atomic mass is 10.1. The zero-order valence-corrected chi connectivity index (χ0v) is 12.6. The minimum Gasteiger partial charge on any atom is -0.497 e. The van der Waals surface area contributed by atoms with Crippen molar-refractivity contribution in [3.05, 3.63) is 59.7 Å². The summed E-state index contributed by atoms with van der Waals surface area (Å²) >= 11 is 0. The Morgan fingerprint density at radius 1 is 1.14 bits per heavy atom. The number of carboxylic acid groups (broad SMARTS) is 1. The Morgan fingerprint density at radius 2 is 1.86 bits per heavy atom. The van der Waals surface area contributed by atoms with Crippen molar-refractivity contribution in [3.8, 4) is 11.5 Å². The topological polar surface area (TPSA) is 67.8 Å². The van der Waals surface area contributed by atoms with Crippen molar-refractivity contribution in [1.82, 2.24) is 5.32 Å². The Balaban J connectivity index is 2.18. The predicted molar refractivity (Wildman–Crippen MR) is 83.2 cm³/mol. The Labute approximate surface area is 129 Å². The molecule has 2 N–H and O–H groups in total. The second-order valence-electron chi connectivity index (χ2n) is 4.74. The van der Waals surface area contributed by atoms with Crippen LogP contribution < -0.4 is 14.8 Å². The Hall–Kier alpha value is -2.53. The van der Waals surface area contributed by atoms with Gasteiger partial charge >= 0.3 is 5.97 Å². The molecule has 2 aromatic rings. The second kappa shape index (κ2) is 7.47. The molecule has 0 amide bonds. The second-order valence-corrected chi connectivity index (χ2v) is 4.74. The van der Waals surface area contributed by atoms with Gasteiger partial charge < -0.3 is 14.6 Å². The summed E-state index contributed by atoms with van der Waals surface area (Å²) in [6.07, 6.45) is 0. The van der Waals surface area contributed by atoms with Gasteiger partial charge in [-0.25, -0.2) is 0 Å². The molecule has 2 aromatic carbocycles. The van der Waals surface area contributed by atoms with Crippen LogP contribution in [0.3, 0.4) is 0 Å². The average Bonchev–Trinajstić information content (AvgIpc) is 2.55. The summed E-state index contributed by atoms with van der Waals surface area (Å²) in [5, 5.41) is 12.5. The highest BCUT2D eigenvalue weighted by molar-refractivity contribution is 5.75. The van der Waals surface area contributed by atoms with Crippen molar-refractivity contribution < 1.29 is 19.4 Å². The lowest BCUT2D eigenvalue weighted by Crippen LogP contribution is -2.28. The number of methoxy groups -OCH3 is 2. The van der Waals surface area contributed by atoms with Crippen molar-refractivity contribution in [3.63, 3.8) is 0 Å². The van der Waals surface area contributed by atoms with E-state index in [1.807, 2.05) is 24.3 Å². The summed E-state index contributed by atoms with van der Waals surface area (Å²) < 4.78 is 10.5. The summed E-state index contributed by atoms with van der Waals surface area (Å²) in [6, 6.07) is 13.7. The smallest absolute Gasteiger partial charge is 0.325 e. The van der Waals surface area contributed by atoms with E-state index in [-0.39, 0.29) is 0 Å². The number of benzene rings is 2. The van der Waals surface area contributed by atoms with E-state index in [0.717, 1.165) is 5.56 Å². The number of rotatable bonds is 7. The summed E-state index contributed by atoms with van der Waals surface area (Å²) in [5.74, 6) is 0.461. The van der Waals surface area contributed by atoms with Crippen molar-refractivity contribution in [2.24, 2.45) is 0 Å². The molecule has 0 aromatic heterocycles. The highest BCUT2D eigenvalue weighted by atomic mass is 16.5. The van der Waals surface area contributed by atoms with Gasteiger partial charge in [0.1, 0.15) is 17.5 Å². The van der Waals surface area contributed by atoms with Gasteiger partial charge in [-0.2, -0.15) is 0 Å². The van der Waals surface area contributed by atoms with E-state index >= 15 is 0 Å². The minimum absolute atomic E-state index is 0.353. The fourth-order valence-electron chi connectivity index (χ4n) is 2.23. The monoisotopic (exact) mass is 301 g/mol. The molecule has 0 saturated heterocycles. The number of carbonyl (C=O) groups is 1. The molecule has 0 bridgehead atoms. The predicted octanol–water partition coefficient (Wildman–Crippen LogP) is 2.62. The van der Waals surface area contributed by atoms with Crippen LogP contribution in [-0.2, 0) is 11.3 Å². The Morgan fingerprint density at radius 3 is 2.45 bits per heavy atom. The third-order valence-corrected chi connectivity index (χ3v) is 3.36. The number of carboxylic acids is 1. The highest BCUT2D eigenvalue weighted by Crippen LogP contribution is 2.24. The van der Waals surface area contributed by atoms with Gasteiger partial charge in [-0.1, -0.05) is 30.3 Å². The van der Waals surface area contributed by atoms with Crippen LogP contribution in [0.2, 0.25) is 0 Å². The standard InChI is InChI=1S/C17H19NO4/c1-21-14-8-9-15(22-2)13(10-14)11-18-16(17(19)20)12-6-4-3-5-7-12/h3-10,16,18H,11H2,1-2H3,(H,19,20)/t16-/m0/s1. The summed E-state index contributed by atoms with van der Waals surface area (Å²) in [4.78, 5) is 11.5. The lowest BCUT2D eigenvalue weighted by molar-refractivity contribution is -0.139. The summed E-state index contributed by atoms with van der Waals surface area (Å²) in [5.41, 5.74) is 1.54. The molecular formula is C17H19NO4. The third kappa shape index (κ3) is 3.77. The van der Waals surface area contributed by atoms with Crippen LogP contribution in [0.5, 0.6) is 11.5 Å². The first-order valence-corrected chi connectivity index (χ1v) is 6.87. The molecule has 2 rings (SSSR count). The first kappa shape index (κ1) is 15.9. The van der Waals surface area contributed by atoms with E-state index in [2.05, 4.69) is 5.32 Å². The number of hydrogen-bond donors (Lipinski definition) is 2. The fraction of sp³-hybridized carbons (Fsp3) is 0.235. The van der Waals surface area contributed by atoms with Crippen LogP contribution in [0.15, 0.2) is 48.5 Å². The van der Waals surface area contributed by atoms with Crippen LogP contribution in [0.4, 0.5) is 0 Å². The SMILES string of the molecule is COc1ccc(OC)c(CN[C@H](C(=O)O)c2ccccc2)c1. The minimum atomic E-state index is -0.923. The van der Waals surface area contributed by atoms with Crippen LogP contribution in [0, 0.1) is 0 Å². The maximum Gasteiger partial charge on any atom is 0.325 e. The van der Waals surface area contributed by atoms with Crippen molar-refractivity contribution >= 4 is 5.97 Å². The molecule has 5 nitrogen and oxygen atoms in total. The average molecular weight is 301 g/mol. The van der Waals surface area contributed by atoms with E-state index in [1.165, 1.54) is 0 Å². The van der Waals surface area contributed by atoms with Crippen LogP contribution >= 0.6 is 0 Å². The van der Waals surface area contributed by atoms with E-state index in [9.17, 15) is 9.90 Å². The third-order valence-electron chi connectivity index (χ3n) is 3.36. The molecule has 0 unspecified atom stereocenters.